The predicted molar refractivity (Wildman–Crippen MR) is 148 cm³/mol. The van der Waals surface area contributed by atoms with Gasteiger partial charge in [-0.15, -0.1) is 0 Å². The van der Waals surface area contributed by atoms with Gasteiger partial charge in [0.15, 0.2) is 6.10 Å². The van der Waals surface area contributed by atoms with E-state index in [9.17, 15) is 14.4 Å². The van der Waals surface area contributed by atoms with E-state index in [1.54, 1.807) is 31.2 Å². The first-order valence-electron chi connectivity index (χ1n) is 13.3. The molecule has 3 rings (SSSR count). The van der Waals surface area contributed by atoms with Crippen LogP contribution in [-0.4, -0.2) is 34.1 Å². The molecule has 0 spiro atoms. The summed E-state index contributed by atoms with van der Waals surface area (Å²) in [5.74, 6) is 0.344. The molecule has 0 radical (unpaired) electrons. The molecule has 0 saturated heterocycles. The summed E-state index contributed by atoms with van der Waals surface area (Å²) in [6, 6.07) is 17.7. The van der Waals surface area contributed by atoms with Gasteiger partial charge in [0, 0.05) is 23.7 Å². The highest BCUT2D eigenvalue weighted by atomic mass is 16.6. The lowest BCUT2D eigenvalue weighted by molar-refractivity contribution is -0.151. The van der Waals surface area contributed by atoms with Gasteiger partial charge in [0.2, 0.25) is 5.91 Å². The summed E-state index contributed by atoms with van der Waals surface area (Å²) in [4.78, 5) is 42.5. The fourth-order valence-electron chi connectivity index (χ4n) is 4.09. The van der Waals surface area contributed by atoms with E-state index < -0.39 is 6.10 Å². The van der Waals surface area contributed by atoms with Crippen LogP contribution in [0.5, 0.6) is 5.75 Å². The molecule has 2 aromatic carbocycles. The standard InChI is InChI=1S/C30H37N3O5/c1-4-7-8-12-15-26(30(36)37-6-3)38-24-18-16-23(17-19-24)31-28(34)21-33-27(5-2)32-25(20-29(33)35)22-13-10-9-11-14-22/h9-11,13-14,16-20,26H,4-8,12,15,21H2,1-3H3,(H,31,34). The SMILES string of the molecule is CCCCCCC(Oc1ccc(NC(=O)Cn2c(CC)nc(-c3ccccc3)cc2=O)cc1)C(=O)OCC. The van der Waals surface area contributed by atoms with Gasteiger partial charge in [-0.25, -0.2) is 9.78 Å². The van der Waals surface area contributed by atoms with Crippen molar-refractivity contribution in [2.45, 2.75) is 71.9 Å². The zero-order chi connectivity index (χ0) is 27.3. The Morgan fingerprint density at radius 2 is 1.71 bits per heavy atom. The number of carbonyl (C=O) groups is 2. The summed E-state index contributed by atoms with van der Waals surface area (Å²) in [5, 5.41) is 2.81. The van der Waals surface area contributed by atoms with Gasteiger partial charge in [-0.05, 0) is 44.0 Å². The molecule has 0 saturated carbocycles. The van der Waals surface area contributed by atoms with E-state index in [4.69, 9.17) is 9.47 Å². The lowest BCUT2D eigenvalue weighted by atomic mass is 10.1. The molecule has 202 valence electrons. The fraction of sp³-hybridized carbons (Fsp3) is 0.400. The van der Waals surface area contributed by atoms with E-state index in [0.717, 1.165) is 31.2 Å². The largest absolute Gasteiger partial charge is 0.479 e. The normalized spacial score (nSPS) is 11.6. The van der Waals surface area contributed by atoms with Gasteiger partial charge in [-0.3, -0.25) is 14.2 Å². The van der Waals surface area contributed by atoms with Gasteiger partial charge in [-0.2, -0.15) is 0 Å². The Hall–Kier alpha value is -3.94. The molecule has 1 amide bonds. The van der Waals surface area contributed by atoms with E-state index in [0.29, 0.717) is 42.4 Å². The molecule has 0 aliphatic rings. The van der Waals surface area contributed by atoms with Gasteiger partial charge in [-0.1, -0.05) is 63.4 Å². The lowest BCUT2D eigenvalue weighted by Gasteiger charge is -2.18. The first-order valence-corrected chi connectivity index (χ1v) is 13.3. The van der Waals surface area contributed by atoms with Crippen molar-refractivity contribution in [1.29, 1.82) is 0 Å². The Balaban J connectivity index is 1.64. The Kier molecular flexibility index (Phi) is 11.1. The first kappa shape index (κ1) is 28.6. The average Bonchev–Trinajstić information content (AvgIpc) is 2.93. The van der Waals surface area contributed by atoms with Crippen LogP contribution >= 0.6 is 0 Å². The average molecular weight is 520 g/mol. The van der Waals surface area contributed by atoms with Crippen molar-refractivity contribution in [2.24, 2.45) is 0 Å². The molecule has 1 heterocycles. The lowest BCUT2D eigenvalue weighted by Crippen LogP contribution is -2.30. The van der Waals surface area contributed by atoms with Crippen molar-refractivity contribution in [1.82, 2.24) is 9.55 Å². The van der Waals surface area contributed by atoms with Crippen molar-refractivity contribution in [2.75, 3.05) is 11.9 Å². The number of amides is 1. The molecule has 1 unspecified atom stereocenters. The third kappa shape index (κ3) is 8.30. The van der Waals surface area contributed by atoms with Crippen LogP contribution in [0, 0.1) is 0 Å². The Bertz CT molecular complexity index is 1240. The van der Waals surface area contributed by atoms with Gasteiger partial charge in [0.1, 0.15) is 18.1 Å². The van der Waals surface area contributed by atoms with Crippen LogP contribution in [0.15, 0.2) is 65.5 Å². The van der Waals surface area contributed by atoms with Crippen molar-refractivity contribution in [3.05, 3.63) is 76.8 Å². The summed E-state index contributed by atoms with van der Waals surface area (Å²) in [7, 11) is 0. The Morgan fingerprint density at radius 3 is 2.37 bits per heavy atom. The van der Waals surface area contributed by atoms with Crippen molar-refractivity contribution >= 4 is 17.6 Å². The number of hydrogen-bond acceptors (Lipinski definition) is 6. The summed E-state index contributed by atoms with van der Waals surface area (Å²) < 4.78 is 12.5. The van der Waals surface area contributed by atoms with Crippen molar-refractivity contribution in [3.63, 3.8) is 0 Å². The molecule has 1 N–H and O–H groups in total. The highest BCUT2D eigenvalue weighted by Gasteiger charge is 2.21. The quantitative estimate of drug-likeness (QED) is 0.226. The van der Waals surface area contributed by atoms with Crippen LogP contribution in [0.3, 0.4) is 0 Å². The molecule has 8 heteroatoms. The van der Waals surface area contributed by atoms with Gasteiger partial charge < -0.3 is 14.8 Å². The third-order valence-electron chi connectivity index (χ3n) is 6.06. The number of anilines is 1. The minimum atomic E-state index is -0.669. The van der Waals surface area contributed by atoms with E-state index in [1.807, 2.05) is 37.3 Å². The molecule has 1 atom stereocenters. The summed E-state index contributed by atoms with van der Waals surface area (Å²) in [5.41, 5.74) is 1.71. The summed E-state index contributed by atoms with van der Waals surface area (Å²) >= 11 is 0. The molecule has 0 fully saturated rings. The number of ether oxygens (including phenoxy) is 2. The monoisotopic (exact) mass is 519 g/mol. The number of carbonyl (C=O) groups excluding carboxylic acids is 2. The highest BCUT2D eigenvalue weighted by Crippen LogP contribution is 2.20. The second-order valence-electron chi connectivity index (χ2n) is 8.98. The maximum atomic E-state index is 12.8. The molecule has 1 aromatic heterocycles. The van der Waals surface area contributed by atoms with Crippen molar-refractivity contribution < 1.29 is 19.1 Å². The smallest absolute Gasteiger partial charge is 0.347 e. The maximum Gasteiger partial charge on any atom is 0.347 e. The van der Waals surface area contributed by atoms with E-state index in [1.165, 1.54) is 10.6 Å². The summed E-state index contributed by atoms with van der Waals surface area (Å²) in [6.45, 7) is 5.96. The first-order chi connectivity index (χ1) is 18.4. The third-order valence-corrected chi connectivity index (χ3v) is 6.06. The number of rotatable bonds is 14. The molecule has 0 aliphatic heterocycles. The number of aryl methyl sites for hydroxylation is 1. The van der Waals surface area contributed by atoms with Crippen LogP contribution in [0.25, 0.3) is 11.3 Å². The second-order valence-corrected chi connectivity index (χ2v) is 8.98. The number of aromatic nitrogens is 2. The number of nitrogens with one attached hydrogen (secondary N) is 1. The molecule has 0 aliphatic carbocycles. The van der Waals surface area contributed by atoms with Crippen LogP contribution in [0.4, 0.5) is 5.69 Å². The zero-order valence-corrected chi connectivity index (χ0v) is 22.4. The number of nitrogens with zero attached hydrogens (tertiary/aromatic N) is 2. The Labute approximate surface area is 224 Å². The fourth-order valence-corrected chi connectivity index (χ4v) is 4.09. The number of benzene rings is 2. The number of unbranched alkanes of at least 4 members (excludes halogenated alkanes) is 3. The maximum absolute atomic E-state index is 12.8. The highest BCUT2D eigenvalue weighted by molar-refractivity contribution is 5.90. The molecular formula is C30H37N3O5. The Morgan fingerprint density at radius 1 is 0.974 bits per heavy atom. The van der Waals surface area contributed by atoms with Crippen LogP contribution in [0.1, 0.15) is 58.7 Å². The van der Waals surface area contributed by atoms with Crippen LogP contribution in [-0.2, 0) is 27.3 Å². The van der Waals surface area contributed by atoms with E-state index >= 15 is 0 Å². The van der Waals surface area contributed by atoms with Crippen LogP contribution < -0.4 is 15.6 Å². The second kappa shape index (κ2) is 14.7. The molecular weight excluding hydrogens is 482 g/mol. The minimum Gasteiger partial charge on any atom is -0.479 e. The topological polar surface area (TPSA) is 99.5 Å². The molecule has 38 heavy (non-hydrogen) atoms. The number of hydrogen-bond donors (Lipinski definition) is 1. The number of esters is 1. The molecule has 0 bridgehead atoms. The zero-order valence-electron chi connectivity index (χ0n) is 22.4. The van der Waals surface area contributed by atoms with Gasteiger partial charge in [0.25, 0.3) is 5.56 Å². The van der Waals surface area contributed by atoms with Gasteiger partial charge >= 0.3 is 5.97 Å². The van der Waals surface area contributed by atoms with Gasteiger partial charge in [0.05, 0.1) is 12.3 Å². The van der Waals surface area contributed by atoms with Crippen molar-refractivity contribution in [3.8, 4) is 17.0 Å². The van der Waals surface area contributed by atoms with E-state index in [2.05, 4.69) is 17.2 Å². The summed E-state index contributed by atoms with van der Waals surface area (Å²) in [6.07, 6.45) is 4.57. The minimum absolute atomic E-state index is 0.148. The predicted octanol–water partition coefficient (Wildman–Crippen LogP) is 5.39. The van der Waals surface area contributed by atoms with E-state index in [-0.39, 0.29) is 24.0 Å². The van der Waals surface area contributed by atoms with Crippen LogP contribution in [0.2, 0.25) is 0 Å². The molecule has 3 aromatic rings. The molecule has 8 nitrogen and oxygen atoms in total.